The predicted octanol–water partition coefficient (Wildman–Crippen LogP) is 4.31. The number of aliphatic hydroxyl groups is 2. The topological polar surface area (TPSA) is 40.5 Å². The Kier molecular flexibility index (Phi) is 2.62. The van der Waals surface area contributed by atoms with Crippen LogP contribution in [0.25, 0.3) is 0 Å². The van der Waals surface area contributed by atoms with Crippen LogP contribution in [0.15, 0.2) is 11.6 Å². The van der Waals surface area contributed by atoms with Crippen molar-refractivity contribution in [1.29, 1.82) is 0 Å². The maximum absolute atomic E-state index is 10.8. The highest BCUT2D eigenvalue weighted by atomic mass is 16.3. The minimum atomic E-state index is -2.89. The zero-order valence-corrected chi connectivity index (χ0v) is 14.4. The van der Waals surface area contributed by atoms with Crippen molar-refractivity contribution in [3.63, 3.8) is 0 Å². The highest BCUT2D eigenvalue weighted by Gasteiger charge is 2.59. The van der Waals surface area contributed by atoms with Gasteiger partial charge in [-0.05, 0) is 92.7 Å². The summed E-state index contributed by atoms with van der Waals surface area (Å²) in [5, 5.41) is 20.9. The number of hydrogen-bond donors (Lipinski definition) is 2. The molecule has 3 saturated carbocycles. The van der Waals surface area contributed by atoms with E-state index < -0.39 is 24.2 Å². The van der Waals surface area contributed by atoms with Gasteiger partial charge in [0.1, 0.15) is 0 Å². The van der Waals surface area contributed by atoms with Crippen LogP contribution >= 0.6 is 0 Å². The van der Waals surface area contributed by atoms with Crippen molar-refractivity contribution in [1.82, 2.24) is 0 Å². The van der Waals surface area contributed by atoms with E-state index in [4.69, 9.17) is 6.85 Å². The molecular weight excluding hydrogens is 284 g/mol. The third-order valence-corrected chi connectivity index (χ3v) is 8.15. The van der Waals surface area contributed by atoms with Crippen molar-refractivity contribution in [3.8, 4) is 0 Å². The molecule has 0 radical (unpaired) electrons. The third kappa shape index (κ3) is 2.20. The number of rotatable bonds is 1. The minimum Gasteiger partial charge on any atom is -0.393 e. The lowest BCUT2D eigenvalue weighted by Gasteiger charge is -2.58. The van der Waals surface area contributed by atoms with E-state index in [-0.39, 0.29) is 23.9 Å². The molecule has 23 heavy (non-hydrogen) atoms. The SMILES string of the molecule is [2H]C([2H])([2H])[C@]([2H])(O)[C@@]1([2H])CC[C@H]2[C@@H]3CC=C4C[C@@H](O)CC[C@]4(C)[C@H]3CC[C@@]21C. The molecule has 0 heterocycles. The van der Waals surface area contributed by atoms with E-state index in [1.807, 2.05) is 6.92 Å². The molecule has 0 aromatic heterocycles. The van der Waals surface area contributed by atoms with Gasteiger partial charge in [-0.15, -0.1) is 0 Å². The van der Waals surface area contributed by atoms with Gasteiger partial charge in [-0.1, -0.05) is 25.5 Å². The van der Waals surface area contributed by atoms with Crippen molar-refractivity contribution in [2.45, 2.75) is 84.2 Å². The summed E-state index contributed by atoms with van der Waals surface area (Å²) in [6.45, 7) is 1.40. The normalized spacial score (nSPS) is 62.1. The lowest BCUT2D eigenvalue weighted by molar-refractivity contribution is -0.0675. The van der Waals surface area contributed by atoms with Crippen molar-refractivity contribution in [2.75, 3.05) is 0 Å². The third-order valence-electron chi connectivity index (χ3n) is 8.15. The molecule has 4 rings (SSSR count). The summed E-state index contributed by atoms with van der Waals surface area (Å²) < 4.78 is 40.5. The second kappa shape index (κ2) is 5.33. The lowest BCUT2D eigenvalue weighted by Crippen LogP contribution is -2.51. The minimum absolute atomic E-state index is 0.0814. The standard InChI is InChI=1S/C21H34O2/c1-13(22)17-6-7-18-16-5-4-14-12-15(23)8-10-20(14,2)19(16)9-11-21(17,18)3/h4,13,15-19,22-23H,5-12H2,1-3H3/t13-,15-,16-,17+,18-,19-,20-,21+/m0/s1/i1D3,13D,17D. The molecule has 8 atom stereocenters. The van der Waals surface area contributed by atoms with Crippen molar-refractivity contribution in [3.05, 3.63) is 11.6 Å². The molecule has 0 aliphatic heterocycles. The molecule has 130 valence electrons. The van der Waals surface area contributed by atoms with Gasteiger partial charge < -0.3 is 10.2 Å². The van der Waals surface area contributed by atoms with Crippen LogP contribution < -0.4 is 0 Å². The monoisotopic (exact) mass is 323 g/mol. The zero-order valence-electron chi connectivity index (χ0n) is 19.4. The van der Waals surface area contributed by atoms with Crippen LogP contribution in [0, 0.1) is 34.5 Å². The smallest absolute Gasteiger partial charge is 0.0601 e. The maximum atomic E-state index is 10.8. The molecule has 2 heteroatoms. The van der Waals surface area contributed by atoms with Gasteiger partial charge in [-0.25, -0.2) is 0 Å². The van der Waals surface area contributed by atoms with Crippen LogP contribution in [0.5, 0.6) is 0 Å². The quantitative estimate of drug-likeness (QED) is 0.706. The number of fused-ring (bicyclic) bond motifs is 5. The Labute approximate surface area is 148 Å². The van der Waals surface area contributed by atoms with Crippen LogP contribution in [0.3, 0.4) is 0 Å². The summed E-state index contributed by atoms with van der Waals surface area (Å²) in [5.74, 6) is -0.687. The first-order valence-electron chi connectivity index (χ1n) is 11.9. The zero-order chi connectivity index (χ0) is 20.8. The highest BCUT2D eigenvalue weighted by molar-refractivity contribution is 5.25. The molecule has 0 amide bonds. The Balaban J connectivity index is 1.70. The Morgan fingerprint density at radius 3 is 2.87 bits per heavy atom. The van der Waals surface area contributed by atoms with Gasteiger partial charge in [0.25, 0.3) is 0 Å². The number of allylic oxidation sites excluding steroid dienone is 1. The fourth-order valence-electron chi connectivity index (χ4n) is 6.84. The molecule has 2 N–H and O–H groups in total. The van der Waals surface area contributed by atoms with E-state index >= 15 is 0 Å². The predicted molar refractivity (Wildman–Crippen MR) is 92.9 cm³/mol. The summed E-state index contributed by atoms with van der Waals surface area (Å²) in [6, 6.07) is 0. The summed E-state index contributed by atoms with van der Waals surface area (Å²) in [7, 11) is 0. The van der Waals surface area contributed by atoms with E-state index in [1.54, 1.807) is 0 Å². The summed E-state index contributed by atoms with van der Waals surface area (Å²) in [4.78, 5) is 0. The van der Waals surface area contributed by atoms with Gasteiger partial charge in [0.05, 0.1) is 13.6 Å². The second-order valence-corrected chi connectivity index (χ2v) is 8.98. The molecule has 0 saturated heterocycles. The molecule has 0 aromatic rings. The first-order valence-corrected chi connectivity index (χ1v) is 9.38. The van der Waals surface area contributed by atoms with Crippen molar-refractivity contribution < 1.29 is 17.1 Å². The molecular formula is C21H34O2. The second-order valence-electron chi connectivity index (χ2n) is 8.98. The van der Waals surface area contributed by atoms with Gasteiger partial charge in [-0.3, -0.25) is 0 Å². The summed E-state index contributed by atoms with van der Waals surface area (Å²) in [6.07, 6.45) is 5.34. The number of aliphatic hydroxyl groups excluding tert-OH is 1. The van der Waals surface area contributed by atoms with Gasteiger partial charge in [0, 0.05) is 5.48 Å². The van der Waals surface area contributed by atoms with Crippen LogP contribution in [0.2, 0.25) is 0 Å². The van der Waals surface area contributed by atoms with Crippen molar-refractivity contribution >= 4 is 0 Å². The highest BCUT2D eigenvalue weighted by Crippen LogP contribution is 2.66. The maximum Gasteiger partial charge on any atom is 0.0601 e. The molecule has 0 spiro atoms. The van der Waals surface area contributed by atoms with Crippen LogP contribution in [-0.2, 0) is 0 Å². The summed E-state index contributed by atoms with van der Waals surface area (Å²) >= 11 is 0. The molecule has 2 nitrogen and oxygen atoms in total. The summed E-state index contributed by atoms with van der Waals surface area (Å²) in [5.41, 5.74) is 0.790. The molecule has 0 unspecified atom stereocenters. The van der Waals surface area contributed by atoms with E-state index in [1.165, 1.54) is 5.57 Å². The number of hydrogen-bond acceptors (Lipinski definition) is 2. The van der Waals surface area contributed by atoms with Gasteiger partial charge in [0.2, 0.25) is 0 Å². The van der Waals surface area contributed by atoms with E-state index in [0.29, 0.717) is 24.7 Å². The first-order chi connectivity index (χ1) is 12.8. The molecule has 0 aromatic carbocycles. The van der Waals surface area contributed by atoms with E-state index in [9.17, 15) is 10.2 Å². The Hall–Kier alpha value is -0.340. The Bertz CT molecular complexity index is 689. The largest absolute Gasteiger partial charge is 0.393 e. The average molecular weight is 324 g/mol. The molecule has 3 fully saturated rings. The van der Waals surface area contributed by atoms with Crippen LogP contribution in [-0.4, -0.2) is 22.4 Å². The Morgan fingerprint density at radius 1 is 1.26 bits per heavy atom. The first kappa shape index (κ1) is 11.3. The van der Waals surface area contributed by atoms with E-state index in [0.717, 1.165) is 32.1 Å². The van der Waals surface area contributed by atoms with Crippen LogP contribution in [0.4, 0.5) is 0 Å². The fraction of sp³-hybridized carbons (Fsp3) is 0.905. The Morgan fingerprint density at radius 2 is 2.09 bits per heavy atom. The van der Waals surface area contributed by atoms with Crippen molar-refractivity contribution in [2.24, 2.45) is 34.5 Å². The molecule has 4 aliphatic carbocycles. The molecule has 4 aliphatic rings. The van der Waals surface area contributed by atoms with Gasteiger partial charge in [0.15, 0.2) is 0 Å². The van der Waals surface area contributed by atoms with Gasteiger partial charge in [-0.2, -0.15) is 0 Å². The average Bonchev–Trinajstić information content (AvgIpc) is 2.87. The lowest BCUT2D eigenvalue weighted by atomic mass is 9.47. The molecule has 0 bridgehead atoms. The van der Waals surface area contributed by atoms with E-state index in [2.05, 4.69) is 13.0 Å². The fourth-order valence-corrected chi connectivity index (χ4v) is 6.84. The van der Waals surface area contributed by atoms with Crippen LogP contribution in [0.1, 0.15) is 78.9 Å². The van der Waals surface area contributed by atoms with Gasteiger partial charge >= 0.3 is 0 Å².